The fourth-order valence-electron chi connectivity index (χ4n) is 5.61. The summed E-state index contributed by atoms with van der Waals surface area (Å²) in [5.41, 5.74) is 6.39. The Morgan fingerprint density at radius 2 is 1.15 bits per heavy atom. The van der Waals surface area contributed by atoms with E-state index in [0.29, 0.717) is 12.0 Å². The molecule has 3 aliphatic rings. The summed E-state index contributed by atoms with van der Waals surface area (Å²) in [6.07, 6.45) is 17.7. The van der Waals surface area contributed by atoms with E-state index in [1.54, 1.807) is 0 Å². The molecule has 0 aromatic heterocycles. The van der Waals surface area contributed by atoms with Crippen molar-refractivity contribution in [3.8, 4) is 0 Å². The summed E-state index contributed by atoms with van der Waals surface area (Å²) in [6, 6.07) is 0. The van der Waals surface area contributed by atoms with E-state index in [9.17, 15) is 5.11 Å². The van der Waals surface area contributed by atoms with Crippen LogP contribution in [0.25, 0.3) is 0 Å². The fraction of sp³-hybridized carbons (Fsp3) is 1.00. The van der Waals surface area contributed by atoms with Crippen molar-refractivity contribution in [1.82, 2.24) is 0 Å². The number of hydrogen-bond acceptors (Lipinski definition) is 2. The molecule has 3 aliphatic carbocycles. The quantitative estimate of drug-likeness (QED) is 0.746. The third kappa shape index (κ3) is 2.43. The van der Waals surface area contributed by atoms with Gasteiger partial charge in [-0.05, 0) is 56.8 Å². The summed E-state index contributed by atoms with van der Waals surface area (Å²) in [5, 5.41) is 11.4. The molecule has 3 saturated carbocycles. The maximum absolute atomic E-state index is 11.4. The normalized spacial score (nSPS) is 32.1. The molecule has 0 amide bonds. The van der Waals surface area contributed by atoms with Gasteiger partial charge >= 0.3 is 0 Å². The van der Waals surface area contributed by atoms with E-state index in [1.165, 1.54) is 64.2 Å². The lowest BCUT2D eigenvalue weighted by Gasteiger charge is -2.52. The zero-order chi connectivity index (χ0) is 14.1. The first-order chi connectivity index (χ1) is 9.64. The molecule has 116 valence electrons. The molecule has 1 spiro atoms. The molecule has 0 saturated heterocycles. The molecule has 0 aromatic rings. The average Bonchev–Trinajstić information content (AvgIpc) is 2.78. The highest BCUT2D eigenvalue weighted by Crippen LogP contribution is 2.57. The predicted molar refractivity (Wildman–Crippen MR) is 83.5 cm³/mol. The van der Waals surface area contributed by atoms with Crippen molar-refractivity contribution in [2.45, 2.75) is 95.5 Å². The van der Waals surface area contributed by atoms with E-state index >= 15 is 0 Å². The molecule has 3 fully saturated rings. The topological polar surface area (TPSA) is 46.2 Å². The van der Waals surface area contributed by atoms with Gasteiger partial charge in [0, 0.05) is 12.0 Å². The molecule has 0 aliphatic heterocycles. The molecule has 0 atom stereocenters. The maximum Gasteiger partial charge on any atom is 0.0716 e. The number of rotatable bonds is 2. The Labute approximate surface area is 124 Å². The first kappa shape index (κ1) is 14.8. The molecule has 3 rings (SSSR count). The molecule has 0 aromatic carbocycles. The van der Waals surface area contributed by atoms with Gasteiger partial charge in [0.15, 0.2) is 0 Å². The van der Waals surface area contributed by atoms with Crippen molar-refractivity contribution < 1.29 is 5.11 Å². The summed E-state index contributed by atoms with van der Waals surface area (Å²) in [5.74, 6) is 0. The van der Waals surface area contributed by atoms with Gasteiger partial charge in [0.25, 0.3) is 0 Å². The predicted octanol–water partition coefficient (Wildman–Crippen LogP) is 4.15. The highest BCUT2D eigenvalue weighted by atomic mass is 16.3. The molecule has 0 heterocycles. The molecule has 20 heavy (non-hydrogen) atoms. The minimum Gasteiger partial charge on any atom is -0.389 e. The van der Waals surface area contributed by atoms with Crippen LogP contribution in [0.4, 0.5) is 0 Å². The first-order valence-electron chi connectivity index (χ1n) is 9.06. The molecule has 2 heteroatoms. The Balaban J connectivity index is 1.74. The monoisotopic (exact) mass is 279 g/mol. The minimum atomic E-state index is -0.458. The van der Waals surface area contributed by atoms with E-state index in [-0.39, 0.29) is 5.41 Å². The summed E-state index contributed by atoms with van der Waals surface area (Å²) >= 11 is 0. The van der Waals surface area contributed by atoms with Crippen molar-refractivity contribution in [3.05, 3.63) is 0 Å². The van der Waals surface area contributed by atoms with Crippen molar-refractivity contribution in [3.63, 3.8) is 0 Å². The lowest BCUT2D eigenvalue weighted by Crippen LogP contribution is -2.55. The summed E-state index contributed by atoms with van der Waals surface area (Å²) in [7, 11) is 0. The minimum absolute atomic E-state index is 0.0315. The second kappa shape index (κ2) is 5.61. The Bertz CT molecular complexity index is 314. The Kier molecular flexibility index (Phi) is 4.16. The van der Waals surface area contributed by atoms with Crippen LogP contribution >= 0.6 is 0 Å². The molecular formula is C18H33NO. The largest absolute Gasteiger partial charge is 0.389 e. The van der Waals surface area contributed by atoms with Gasteiger partial charge in [-0.2, -0.15) is 0 Å². The number of nitrogens with two attached hydrogens (primary N) is 1. The SMILES string of the molecule is NCC1(C2(O)CCC3(CCCC3)CC2)CCCCCC1. The van der Waals surface area contributed by atoms with Crippen LogP contribution in [0.3, 0.4) is 0 Å². The van der Waals surface area contributed by atoms with Gasteiger partial charge in [0.2, 0.25) is 0 Å². The average molecular weight is 279 g/mol. The molecule has 0 unspecified atom stereocenters. The lowest BCUT2D eigenvalue weighted by molar-refractivity contribution is -0.131. The maximum atomic E-state index is 11.4. The van der Waals surface area contributed by atoms with Crippen LogP contribution < -0.4 is 5.73 Å². The van der Waals surface area contributed by atoms with Crippen molar-refractivity contribution in [2.75, 3.05) is 6.54 Å². The zero-order valence-electron chi connectivity index (χ0n) is 13.1. The van der Waals surface area contributed by atoms with Gasteiger partial charge in [0.05, 0.1) is 5.60 Å². The van der Waals surface area contributed by atoms with Gasteiger partial charge in [0.1, 0.15) is 0 Å². The molecule has 0 bridgehead atoms. The smallest absolute Gasteiger partial charge is 0.0716 e. The number of hydrogen-bond donors (Lipinski definition) is 2. The van der Waals surface area contributed by atoms with Crippen LogP contribution in [0.5, 0.6) is 0 Å². The second-order valence-electron chi connectivity index (χ2n) is 8.14. The van der Waals surface area contributed by atoms with Gasteiger partial charge in [-0.3, -0.25) is 0 Å². The van der Waals surface area contributed by atoms with Gasteiger partial charge in [-0.25, -0.2) is 0 Å². The van der Waals surface area contributed by atoms with Crippen LogP contribution in [0.15, 0.2) is 0 Å². The highest BCUT2D eigenvalue weighted by molar-refractivity contribution is 5.05. The second-order valence-corrected chi connectivity index (χ2v) is 8.14. The third-order valence-corrected chi connectivity index (χ3v) is 7.24. The fourth-order valence-corrected chi connectivity index (χ4v) is 5.61. The zero-order valence-corrected chi connectivity index (χ0v) is 13.1. The van der Waals surface area contributed by atoms with Gasteiger partial charge in [-0.1, -0.05) is 38.5 Å². The summed E-state index contributed by atoms with van der Waals surface area (Å²) in [4.78, 5) is 0. The molecular weight excluding hydrogens is 246 g/mol. The van der Waals surface area contributed by atoms with Crippen molar-refractivity contribution >= 4 is 0 Å². The van der Waals surface area contributed by atoms with E-state index in [4.69, 9.17) is 5.73 Å². The van der Waals surface area contributed by atoms with Crippen LogP contribution in [0.2, 0.25) is 0 Å². The molecule has 0 radical (unpaired) electrons. The van der Waals surface area contributed by atoms with E-state index < -0.39 is 5.60 Å². The summed E-state index contributed by atoms with van der Waals surface area (Å²) < 4.78 is 0. The van der Waals surface area contributed by atoms with E-state index in [1.807, 2.05) is 0 Å². The lowest BCUT2D eigenvalue weighted by atomic mass is 9.57. The van der Waals surface area contributed by atoms with Gasteiger partial charge in [-0.15, -0.1) is 0 Å². The third-order valence-electron chi connectivity index (χ3n) is 7.24. The van der Waals surface area contributed by atoms with Crippen LogP contribution in [-0.2, 0) is 0 Å². The van der Waals surface area contributed by atoms with E-state index in [2.05, 4.69) is 0 Å². The van der Waals surface area contributed by atoms with Crippen molar-refractivity contribution in [1.29, 1.82) is 0 Å². The number of aliphatic hydroxyl groups is 1. The van der Waals surface area contributed by atoms with Gasteiger partial charge < -0.3 is 10.8 Å². The van der Waals surface area contributed by atoms with Crippen LogP contribution in [0.1, 0.15) is 89.9 Å². The first-order valence-corrected chi connectivity index (χ1v) is 9.06. The summed E-state index contributed by atoms with van der Waals surface area (Å²) in [6.45, 7) is 0.691. The Hall–Kier alpha value is -0.0800. The van der Waals surface area contributed by atoms with Crippen LogP contribution in [-0.4, -0.2) is 17.3 Å². The Morgan fingerprint density at radius 1 is 0.650 bits per heavy atom. The standard InChI is InChI=1S/C18H33NO/c19-15-17(9-3-1-2-4-10-17)18(20)13-11-16(12-14-18)7-5-6-8-16/h20H,1-15,19H2. The van der Waals surface area contributed by atoms with Crippen LogP contribution in [0, 0.1) is 10.8 Å². The Morgan fingerprint density at radius 3 is 1.65 bits per heavy atom. The van der Waals surface area contributed by atoms with E-state index in [0.717, 1.165) is 25.7 Å². The molecule has 3 N–H and O–H groups in total. The highest BCUT2D eigenvalue weighted by Gasteiger charge is 2.53. The van der Waals surface area contributed by atoms with Crippen molar-refractivity contribution in [2.24, 2.45) is 16.6 Å². The molecule has 2 nitrogen and oxygen atoms in total.